The molecule has 1 amide bonds. The van der Waals surface area contributed by atoms with Crippen molar-refractivity contribution in [2.24, 2.45) is 5.92 Å². The number of carboxylic acid groups (broad SMARTS) is 1. The van der Waals surface area contributed by atoms with E-state index in [0.29, 0.717) is 25.3 Å². The molecule has 1 aromatic rings. The minimum absolute atomic E-state index is 0.0580. The van der Waals surface area contributed by atoms with Crippen molar-refractivity contribution in [3.05, 3.63) is 28.2 Å². The first-order chi connectivity index (χ1) is 10.0. The highest BCUT2D eigenvalue weighted by Gasteiger charge is 2.28. The van der Waals surface area contributed by atoms with Gasteiger partial charge in [-0.25, -0.2) is 0 Å². The van der Waals surface area contributed by atoms with Crippen molar-refractivity contribution in [3.63, 3.8) is 0 Å². The number of benzene rings is 1. The van der Waals surface area contributed by atoms with Crippen LogP contribution < -0.4 is 4.74 Å². The number of rotatable bonds is 4. The molecule has 0 radical (unpaired) electrons. The van der Waals surface area contributed by atoms with Gasteiger partial charge in [0.05, 0.1) is 19.4 Å². The number of aliphatic carboxylic acids is 1. The second-order valence-electron chi connectivity index (χ2n) is 5.15. The van der Waals surface area contributed by atoms with Crippen molar-refractivity contribution in [1.29, 1.82) is 0 Å². The molecule has 1 N–H and O–H groups in total. The molecule has 1 aliphatic rings. The van der Waals surface area contributed by atoms with E-state index in [4.69, 9.17) is 9.84 Å². The van der Waals surface area contributed by atoms with E-state index in [0.717, 1.165) is 16.5 Å². The molecule has 1 aliphatic heterocycles. The van der Waals surface area contributed by atoms with E-state index in [9.17, 15) is 9.59 Å². The molecule has 2 rings (SSSR count). The molecule has 0 aliphatic carbocycles. The van der Waals surface area contributed by atoms with Crippen LogP contribution >= 0.6 is 15.9 Å². The van der Waals surface area contributed by atoms with Crippen molar-refractivity contribution in [2.45, 2.75) is 19.3 Å². The van der Waals surface area contributed by atoms with Gasteiger partial charge in [-0.3, -0.25) is 9.59 Å². The number of carbonyl (C=O) groups excluding carboxylic acids is 1. The third kappa shape index (κ3) is 3.97. The Bertz CT molecular complexity index is 546. The van der Waals surface area contributed by atoms with Gasteiger partial charge < -0.3 is 14.7 Å². The van der Waals surface area contributed by atoms with Crippen LogP contribution in [0.15, 0.2) is 22.7 Å². The number of methoxy groups -OCH3 is 1. The van der Waals surface area contributed by atoms with Gasteiger partial charge in [0.25, 0.3) is 0 Å². The second-order valence-corrected chi connectivity index (χ2v) is 6.07. The summed E-state index contributed by atoms with van der Waals surface area (Å²) in [5, 5.41) is 9.08. The van der Waals surface area contributed by atoms with Crippen LogP contribution in [0.25, 0.3) is 0 Å². The third-order valence-electron chi connectivity index (χ3n) is 3.71. The van der Waals surface area contributed by atoms with E-state index in [1.807, 2.05) is 18.2 Å². The molecule has 1 fully saturated rings. The molecule has 114 valence electrons. The van der Waals surface area contributed by atoms with Gasteiger partial charge in [0, 0.05) is 23.1 Å². The summed E-state index contributed by atoms with van der Waals surface area (Å²) in [4.78, 5) is 25.1. The predicted octanol–water partition coefficient (Wildman–Crippen LogP) is 2.32. The molecule has 0 spiro atoms. The summed E-state index contributed by atoms with van der Waals surface area (Å²) >= 11 is 3.38. The van der Waals surface area contributed by atoms with Crippen LogP contribution in [0, 0.1) is 5.92 Å². The molecule has 5 nitrogen and oxygen atoms in total. The minimum Gasteiger partial charge on any atom is -0.496 e. The van der Waals surface area contributed by atoms with Crippen LogP contribution in [-0.4, -0.2) is 42.1 Å². The summed E-state index contributed by atoms with van der Waals surface area (Å²) in [5.41, 5.74) is 0.800. The first-order valence-corrected chi connectivity index (χ1v) is 7.63. The highest BCUT2D eigenvalue weighted by Crippen LogP contribution is 2.25. The number of amides is 1. The Balaban J connectivity index is 2.07. The zero-order valence-electron chi connectivity index (χ0n) is 11.8. The van der Waals surface area contributed by atoms with Crippen LogP contribution in [0.4, 0.5) is 0 Å². The average Bonchev–Trinajstić information content (AvgIpc) is 2.47. The lowest BCUT2D eigenvalue weighted by Gasteiger charge is -2.31. The number of hydrogen-bond acceptors (Lipinski definition) is 3. The van der Waals surface area contributed by atoms with Crippen molar-refractivity contribution >= 4 is 27.8 Å². The summed E-state index contributed by atoms with van der Waals surface area (Å²) in [5.74, 6) is -0.671. The van der Waals surface area contributed by atoms with E-state index >= 15 is 0 Å². The van der Waals surface area contributed by atoms with Crippen LogP contribution in [0.3, 0.4) is 0 Å². The lowest BCUT2D eigenvalue weighted by atomic mass is 9.97. The lowest BCUT2D eigenvalue weighted by Crippen LogP contribution is -2.43. The molecule has 6 heteroatoms. The van der Waals surface area contributed by atoms with Crippen LogP contribution in [0.1, 0.15) is 18.4 Å². The maximum Gasteiger partial charge on any atom is 0.308 e. The summed E-state index contributed by atoms with van der Waals surface area (Å²) in [6.07, 6.45) is 1.59. The summed E-state index contributed by atoms with van der Waals surface area (Å²) in [6, 6.07) is 5.52. The van der Waals surface area contributed by atoms with Gasteiger partial charge in [0.2, 0.25) is 5.91 Å². The number of nitrogens with zero attached hydrogens (tertiary/aromatic N) is 1. The highest BCUT2D eigenvalue weighted by atomic mass is 79.9. The van der Waals surface area contributed by atoms with Gasteiger partial charge in [0.1, 0.15) is 5.75 Å². The SMILES string of the molecule is COc1ccc(Br)cc1CC(=O)N1CCC[C@H](C(=O)O)C1. The molecule has 1 atom stereocenters. The number of hydrogen-bond donors (Lipinski definition) is 1. The Morgan fingerprint density at radius 1 is 1.48 bits per heavy atom. The topological polar surface area (TPSA) is 66.8 Å². The smallest absolute Gasteiger partial charge is 0.308 e. The predicted molar refractivity (Wildman–Crippen MR) is 81.3 cm³/mol. The zero-order valence-corrected chi connectivity index (χ0v) is 13.4. The average molecular weight is 356 g/mol. The fraction of sp³-hybridized carbons (Fsp3) is 0.467. The Morgan fingerprint density at radius 3 is 2.90 bits per heavy atom. The quantitative estimate of drug-likeness (QED) is 0.899. The van der Waals surface area contributed by atoms with Crippen molar-refractivity contribution in [2.75, 3.05) is 20.2 Å². The zero-order chi connectivity index (χ0) is 15.4. The van der Waals surface area contributed by atoms with Crippen molar-refractivity contribution in [1.82, 2.24) is 4.90 Å². The molecule has 0 unspecified atom stereocenters. The second kappa shape index (κ2) is 6.93. The number of ether oxygens (including phenoxy) is 1. The summed E-state index contributed by atoms with van der Waals surface area (Å²) in [7, 11) is 1.57. The molecular formula is C15H18BrNO4. The number of piperidine rings is 1. The summed E-state index contributed by atoms with van der Waals surface area (Å²) < 4.78 is 6.14. The van der Waals surface area contributed by atoms with Gasteiger partial charge in [-0.05, 0) is 31.0 Å². The molecule has 21 heavy (non-hydrogen) atoms. The van der Waals surface area contributed by atoms with E-state index in [1.54, 1.807) is 12.0 Å². The number of likely N-dealkylation sites (tertiary alicyclic amines) is 1. The number of halogens is 1. The van der Waals surface area contributed by atoms with E-state index in [-0.39, 0.29) is 12.3 Å². The number of carbonyl (C=O) groups is 2. The van der Waals surface area contributed by atoms with E-state index in [1.165, 1.54) is 0 Å². The maximum atomic E-state index is 12.4. The molecule has 1 aromatic carbocycles. The fourth-order valence-electron chi connectivity index (χ4n) is 2.57. The summed E-state index contributed by atoms with van der Waals surface area (Å²) in [6.45, 7) is 0.920. The van der Waals surface area contributed by atoms with Crippen LogP contribution in [-0.2, 0) is 16.0 Å². The third-order valence-corrected chi connectivity index (χ3v) is 4.20. The number of carboxylic acids is 1. The van der Waals surface area contributed by atoms with Crippen molar-refractivity contribution in [3.8, 4) is 5.75 Å². The van der Waals surface area contributed by atoms with E-state index in [2.05, 4.69) is 15.9 Å². The Labute approximate surface area is 132 Å². The van der Waals surface area contributed by atoms with Gasteiger partial charge >= 0.3 is 5.97 Å². The van der Waals surface area contributed by atoms with Crippen LogP contribution in [0.5, 0.6) is 5.75 Å². The molecule has 0 saturated carbocycles. The van der Waals surface area contributed by atoms with Crippen molar-refractivity contribution < 1.29 is 19.4 Å². The molecule has 1 heterocycles. The van der Waals surface area contributed by atoms with Gasteiger partial charge in [-0.1, -0.05) is 15.9 Å². The van der Waals surface area contributed by atoms with E-state index < -0.39 is 11.9 Å². The normalized spacial score (nSPS) is 18.4. The van der Waals surface area contributed by atoms with Gasteiger partial charge in [-0.15, -0.1) is 0 Å². The Morgan fingerprint density at radius 2 is 2.24 bits per heavy atom. The monoisotopic (exact) mass is 355 g/mol. The highest BCUT2D eigenvalue weighted by molar-refractivity contribution is 9.10. The fourth-order valence-corrected chi connectivity index (χ4v) is 2.97. The Kier molecular flexibility index (Phi) is 5.22. The standard InChI is InChI=1S/C15H18BrNO4/c1-21-13-5-4-12(16)7-11(13)8-14(18)17-6-2-3-10(9-17)15(19)20/h4-5,7,10H,2-3,6,8-9H2,1H3,(H,19,20)/t10-/m0/s1. The first-order valence-electron chi connectivity index (χ1n) is 6.84. The molecule has 0 aromatic heterocycles. The van der Waals surface area contributed by atoms with Gasteiger partial charge in [-0.2, -0.15) is 0 Å². The minimum atomic E-state index is -0.826. The molecular weight excluding hydrogens is 338 g/mol. The molecule has 0 bridgehead atoms. The Hall–Kier alpha value is -1.56. The lowest BCUT2D eigenvalue weighted by molar-refractivity contribution is -0.145. The molecule has 1 saturated heterocycles. The van der Waals surface area contributed by atoms with Crippen LogP contribution in [0.2, 0.25) is 0 Å². The van der Waals surface area contributed by atoms with Gasteiger partial charge in [0.15, 0.2) is 0 Å². The first kappa shape index (κ1) is 15.8. The largest absolute Gasteiger partial charge is 0.496 e. The maximum absolute atomic E-state index is 12.4.